The predicted octanol–water partition coefficient (Wildman–Crippen LogP) is 2.20. The minimum absolute atomic E-state index is 0.256. The number of rotatable bonds is 1. The van der Waals surface area contributed by atoms with Crippen LogP contribution >= 0.6 is 0 Å². The van der Waals surface area contributed by atoms with Gasteiger partial charge in [0.05, 0.1) is 0 Å². The number of hydrogen-bond acceptors (Lipinski definition) is 1. The van der Waals surface area contributed by atoms with E-state index in [2.05, 4.69) is 13.8 Å². The van der Waals surface area contributed by atoms with Crippen LogP contribution in [0.4, 0.5) is 0 Å². The van der Waals surface area contributed by atoms with Crippen LogP contribution in [0.2, 0.25) is 0 Å². The van der Waals surface area contributed by atoms with E-state index in [-0.39, 0.29) is 5.41 Å². The third kappa shape index (κ3) is 1.72. The summed E-state index contributed by atoms with van der Waals surface area (Å²) in [6, 6.07) is 0. The van der Waals surface area contributed by atoms with E-state index in [0.717, 1.165) is 5.92 Å². The molecule has 0 atom stereocenters. The fraction of sp³-hybridized carbons (Fsp3) is 1.00. The van der Waals surface area contributed by atoms with E-state index in [4.69, 9.17) is 5.11 Å². The third-order valence-corrected chi connectivity index (χ3v) is 2.86. The van der Waals surface area contributed by atoms with Gasteiger partial charge in [0.1, 0.15) is 0 Å². The number of aliphatic hydroxyl groups is 1. The van der Waals surface area contributed by atoms with E-state index in [1.54, 1.807) is 0 Å². The third-order valence-electron chi connectivity index (χ3n) is 2.86. The summed E-state index contributed by atoms with van der Waals surface area (Å²) in [4.78, 5) is 0. The summed E-state index contributed by atoms with van der Waals surface area (Å²) >= 11 is 0. The molecule has 1 heteroatoms. The molecule has 0 aromatic rings. The van der Waals surface area contributed by atoms with Gasteiger partial charge < -0.3 is 5.11 Å². The lowest BCUT2D eigenvalue weighted by molar-refractivity contribution is 0.0846. The highest BCUT2D eigenvalue weighted by atomic mass is 16.3. The fourth-order valence-electron chi connectivity index (χ4n) is 1.62. The first-order valence-corrected chi connectivity index (χ1v) is 4.27. The van der Waals surface area contributed by atoms with Crippen LogP contribution in [-0.4, -0.2) is 11.7 Å². The van der Waals surface area contributed by atoms with Gasteiger partial charge in [-0.15, -0.1) is 0 Å². The molecule has 0 amide bonds. The van der Waals surface area contributed by atoms with Gasteiger partial charge in [0.25, 0.3) is 0 Å². The van der Waals surface area contributed by atoms with Crippen molar-refractivity contribution < 1.29 is 5.11 Å². The van der Waals surface area contributed by atoms with Crippen LogP contribution in [0.5, 0.6) is 0 Å². The largest absolute Gasteiger partial charge is 0.396 e. The number of hydrogen-bond donors (Lipinski definition) is 1. The van der Waals surface area contributed by atoms with Crippen LogP contribution in [0.15, 0.2) is 0 Å². The molecule has 0 saturated heterocycles. The quantitative estimate of drug-likeness (QED) is 0.595. The first-order chi connectivity index (χ1) is 4.66. The summed E-state index contributed by atoms with van der Waals surface area (Å²) < 4.78 is 0. The fourth-order valence-corrected chi connectivity index (χ4v) is 1.62. The molecule has 0 spiro atoms. The Balaban J connectivity index is 2.38. The molecule has 1 nitrogen and oxygen atoms in total. The second kappa shape index (κ2) is 2.91. The van der Waals surface area contributed by atoms with Gasteiger partial charge in [-0.1, -0.05) is 26.7 Å². The molecule has 0 unspecified atom stereocenters. The van der Waals surface area contributed by atoms with Gasteiger partial charge >= 0.3 is 0 Å². The SMILES string of the molecule is C[C@H]1CC[C@@](C)(CO)CC1. The van der Waals surface area contributed by atoms with E-state index in [0.29, 0.717) is 6.61 Å². The maximum Gasteiger partial charge on any atom is 0.0484 e. The predicted molar refractivity (Wildman–Crippen MR) is 42.8 cm³/mol. The van der Waals surface area contributed by atoms with Crippen LogP contribution in [0.25, 0.3) is 0 Å². The van der Waals surface area contributed by atoms with Crippen molar-refractivity contribution in [2.45, 2.75) is 39.5 Å². The van der Waals surface area contributed by atoms with Gasteiger partial charge in [-0.3, -0.25) is 0 Å². The van der Waals surface area contributed by atoms with Gasteiger partial charge in [0.15, 0.2) is 0 Å². The minimum atomic E-state index is 0.256. The van der Waals surface area contributed by atoms with Crippen molar-refractivity contribution >= 4 is 0 Å². The van der Waals surface area contributed by atoms with Crippen LogP contribution < -0.4 is 0 Å². The van der Waals surface area contributed by atoms with E-state index in [9.17, 15) is 0 Å². The summed E-state index contributed by atoms with van der Waals surface area (Å²) in [5.41, 5.74) is 0.256. The first kappa shape index (κ1) is 8.06. The average Bonchev–Trinajstić information content (AvgIpc) is 1.96. The zero-order valence-corrected chi connectivity index (χ0v) is 7.06. The lowest BCUT2D eigenvalue weighted by Crippen LogP contribution is -2.26. The highest BCUT2D eigenvalue weighted by molar-refractivity contribution is 4.79. The van der Waals surface area contributed by atoms with Crippen molar-refractivity contribution in [2.75, 3.05) is 6.61 Å². The average molecular weight is 142 g/mol. The Labute approximate surface area is 63.4 Å². The van der Waals surface area contributed by atoms with Gasteiger partial charge in [-0.25, -0.2) is 0 Å². The molecule has 0 radical (unpaired) electrons. The van der Waals surface area contributed by atoms with Crippen molar-refractivity contribution in [1.82, 2.24) is 0 Å². The van der Waals surface area contributed by atoms with Gasteiger partial charge in [0, 0.05) is 6.61 Å². The molecule has 0 aliphatic heterocycles. The molecule has 0 bridgehead atoms. The molecule has 1 rings (SSSR count). The summed E-state index contributed by atoms with van der Waals surface area (Å²) in [5, 5.41) is 9.04. The molecule has 1 fully saturated rings. The monoisotopic (exact) mass is 142 g/mol. The number of aliphatic hydroxyl groups excluding tert-OH is 1. The van der Waals surface area contributed by atoms with Crippen molar-refractivity contribution in [3.63, 3.8) is 0 Å². The van der Waals surface area contributed by atoms with Crippen molar-refractivity contribution in [1.29, 1.82) is 0 Å². The molecule has 1 aliphatic rings. The Kier molecular flexibility index (Phi) is 2.35. The van der Waals surface area contributed by atoms with Crippen LogP contribution in [0.1, 0.15) is 39.5 Å². The molecule has 0 heterocycles. The van der Waals surface area contributed by atoms with E-state index < -0.39 is 0 Å². The molecule has 1 N–H and O–H groups in total. The zero-order chi connectivity index (χ0) is 7.61. The molecule has 0 aromatic carbocycles. The van der Waals surface area contributed by atoms with E-state index >= 15 is 0 Å². The standard InChI is InChI=1S/C9H18O/c1-8-3-5-9(2,7-10)6-4-8/h8,10H,3-7H2,1-2H3/t8-,9+. The first-order valence-electron chi connectivity index (χ1n) is 4.27. The molecular formula is C9H18O. The lowest BCUT2D eigenvalue weighted by Gasteiger charge is -2.34. The Morgan fingerprint density at radius 2 is 1.90 bits per heavy atom. The van der Waals surface area contributed by atoms with Gasteiger partial charge in [0.2, 0.25) is 0 Å². The smallest absolute Gasteiger partial charge is 0.0484 e. The molecule has 60 valence electrons. The minimum Gasteiger partial charge on any atom is -0.396 e. The van der Waals surface area contributed by atoms with Gasteiger partial charge in [-0.05, 0) is 24.2 Å². The Hall–Kier alpha value is -0.0400. The summed E-state index contributed by atoms with van der Waals surface area (Å²) in [7, 11) is 0. The van der Waals surface area contributed by atoms with Crippen molar-refractivity contribution in [2.24, 2.45) is 11.3 Å². The topological polar surface area (TPSA) is 20.2 Å². The highest BCUT2D eigenvalue weighted by Crippen LogP contribution is 2.37. The Bertz CT molecular complexity index is 101. The Morgan fingerprint density at radius 1 is 1.40 bits per heavy atom. The Morgan fingerprint density at radius 3 is 2.30 bits per heavy atom. The summed E-state index contributed by atoms with van der Waals surface area (Å²) in [5.74, 6) is 0.889. The van der Waals surface area contributed by atoms with Crippen LogP contribution in [0.3, 0.4) is 0 Å². The summed E-state index contributed by atoms with van der Waals surface area (Å²) in [6.45, 7) is 4.87. The van der Waals surface area contributed by atoms with Crippen molar-refractivity contribution in [3.05, 3.63) is 0 Å². The molecule has 1 saturated carbocycles. The van der Waals surface area contributed by atoms with Gasteiger partial charge in [-0.2, -0.15) is 0 Å². The normalized spacial score (nSPS) is 41.7. The second-order valence-electron chi connectivity index (χ2n) is 4.15. The molecule has 1 aliphatic carbocycles. The van der Waals surface area contributed by atoms with Crippen LogP contribution in [0, 0.1) is 11.3 Å². The maximum absolute atomic E-state index is 9.04. The molecule has 10 heavy (non-hydrogen) atoms. The highest BCUT2D eigenvalue weighted by Gasteiger charge is 2.28. The van der Waals surface area contributed by atoms with E-state index in [1.165, 1.54) is 25.7 Å². The van der Waals surface area contributed by atoms with Crippen molar-refractivity contribution in [3.8, 4) is 0 Å². The molecule has 0 aromatic heterocycles. The zero-order valence-electron chi connectivity index (χ0n) is 7.06. The van der Waals surface area contributed by atoms with E-state index in [1.807, 2.05) is 0 Å². The summed E-state index contributed by atoms with van der Waals surface area (Å²) in [6.07, 6.45) is 5.03. The molecular weight excluding hydrogens is 124 g/mol. The second-order valence-corrected chi connectivity index (χ2v) is 4.15. The lowest BCUT2D eigenvalue weighted by atomic mass is 9.73. The van der Waals surface area contributed by atoms with Crippen LogP contribution in [-0.2, 0) is 0 Å². The maximum atomic E-state index is 9.04.